The fraction of sp³-hybridized carbons (Fsp3) is 0.647. The average Bonchev–Trinajstić information content (AvgIpc) is 2.88. The standard InChI is InChI=1S/C17H26N2/c1-18-13-17(10-4-5-11-17)14-19-12-6-8-15-7-2-3-9-16(15)19/h2-3,7,9,18H,4-6,8,10-14H2,1H3. The number of aryl methyl sites for hydroxylation is 1. The van der Waals surface area contributed by atoms with E-state index in [0.717, 1.165) is 0 Å². The first-order valence-electron chi connectivity index (χ1n) is 7.80. The maximum atomic E-state index is 3.44. The van der Waals surface area contributed by atoms with Gasteiger partial charge in [0.2, 0.25) is 0 Å². The van der Waals surface area contributed by atoms with Crippen molar-refractivity contribution in [1.29, 1.82) is 0 Å². The third kappa shape index (κ3) is 2.64. The van der Waals surface area contributed by atoms with E-state index in [2.05, 4.69) is 41.5 Å². The van der Waals surface area contributed by atoms with Gasteiger partial charge in [-0.3, -0.25) is 0 Å². The van der Waals surface area contributed by atoms with Crippen molar-refractivity contribution in [2.24, 2.45) is 5.41 Å². The fourth-order valence-electron chi connectivity index (χ4n) is 4.07. The zero-order valence-electron chi connectivity index (χ0n) is 12.1. The van der Waals surface area contributed by atoms with Crippen LogP contribution in [0, 0.1) is 5.41 Å². The van der Waals surface area contributed by atoms with Crippen LogP contribution in [-0.4, -0.2) is 26.7 Å². The van der Waals surface area contributed by atoms with E-state index in [1.165, 1.54) is 63.8 Å². The van der Waals surface area contributed by atoms with Crippen molar-refractivity contribution in [1.82, 2.24) is 5.32 Å². The fourth-order valence-corrected chi connectivity index (χ4v) is 4.07. The molecular formula is C17H26N2. The van der Waals surface area contributed by atoms with Gasteiger partial charge in [0.25, 0.3) is 0 Å². The van der Waals surface area contributed by atoms with Crippen molar-refractivity contribution in [3.05, 3.63) is 29.8 Å². The van der Waals surface area contributed by atoms with E-state index in [0.29, 0.717) is 5.41 Å². The van der Waals surface area contributed by atoms with Crippen LogP contribution in [-0.2, 0) is 6.42 Å². The Balaban J connectivity index is 1.80. The van der Waals surface area contributed by atoms with E-state index in [1.807, 2.05) is 0 Å². The molecule has 104 valence electrons. The molecule has 2 aliphatic rings. The number of nitrogens with one attached hydrogen (secondary N) is 1. The number of hydrogen-bond acceptors (Lipinski definition) is 2. The highest BCUT2D eigenvalue weighted by Crippen LogP contribution is 2.40. The molecule has 0 spiro atoms. The van der Waals surface area contributed by atoms with Gasteiger partial charge in [0.15, 0.2) is 0 Å². The molecule has 0 radical (unpaired) electrons. The van der Waals surface area contributed by atoms with Gasteiger partial charge in [0.05, 0.1) is 0 Å². The quantitative estimate of drug-likeness (QED) is 0.892. The number of nitrogens with zero attached hydrogens (tertiary/aromatic N) is 1. The molecular weight excluding hydrogens is 232 g/mol. The monoisotopic (exact) mass is 258 g/mol. The average molecular weight is 258 g/mol. The van der Waals surface area contributed by atoms with E-state index in [9.17, 15) is 0 Å². The Bertz CT molecular complexity index is 421. The number of anilines is 1. The molecule has 19 heavy (non-hydrogen) atoms. The third-order valence-electron chi connectivity index (χ3n) is 4.95. The van der Waals surface area contributed by atoms with Crippen LogP contribution in [0.5, 0.6) is 0 Å². The molecule has 1 aromatic rings. The number of fused-ring (bicyclic) bond motifs is 1. The van der Waals surface area contributed by atoms with Crippen LogP contribution in [0.4, 0.5) is 5.69 Å². The molecule has 1 N–H and O–H groups in total. The molecule has 2 nitrogen and oxygen atoms in total. The van der Waals surface area contributed by atoms with Gasteiger partial charge in [-0.25, -0.2) is 0 Å². The number of rotatable bonds is 4. The van der Waals surface area contributed by atoms with Crippen molar-refractivity contribution in [3.63, 3.8) is 0 Å². The van der Waals surface area contributed by atoms with E-state index in [-0.39, 0.29) is 0 Å². The van der Waals surface area contributed by atoms with Gasteiger partial charge in [-0.05, 0) is 44.4 Å². The van der Waals surface area contributed by atoms with Gasteiger partial charge in [-0.15, -0.1) is 0 Å². The second kappa shape index (κ2) is 5.54. The molecule has 1 heterocycles. The smallest absolute Gasteiger partial charge is 0.0398 e. The molecule has 0 amide bonds. The lowest BCUT2D eigenvalue weighted by atomic mass is 9.84. The summed E-state index contributed by atoms with van der Waals surface area (Å²) < 4.78 is 0. The van der Waals surface area contributed by atoms with Gasteiger partial charge >= 0.3 is 0 Å². The minimum Gasteiger partial charge on any atom is -0.371 e. The molecule has 1 aliphatic heterocycles. The highest BCUT2D eigenvalue weighted by atomic mass is 15.1. The molecule has 0 bridgehead atoms. The highest BCUT2D eigenvalue weighted by Gasteiger charge is 2.35. The number of para-hydroxylation sites is 1. The molecule has 1 aromatic carbocycles. The second-order valence-electron chi connectivity index (χ2n) is 6.39. The number of benzene rings is 1. The van der Waals surface area contributed by atoms with Crippen molar-refractivity contribution in [2.75, 3.05) is 31.6 Å². The maximum absolute atomic E-state index is 3.44. The summed E-state index contributed by atoms with van der Waals surface area (Å²) in [6, 6.07) is 9.00. The molecule has 1 saturated carbocycles. The van der Waals surface area contributed by atoms with E-state index >= 15 is 0 Å². The zero-order valence-corrected chi connectivity index (χ0v) is 12.1. The molecule has 0 aromatic heterocycles. The van der Waals surface area contributed by atoms with Crippen LogP contribution in [0.1, 0.15) is 37.7 Å². The van der Waals surface area contributed by atoms with E-state index in [4.69, 9.17) is 0 Å². The number of hydrogen-bond donors (Lipinski definition) is 1. The van der Waals surface area contributed by atoms with Gasteiger partial charge in [0, 0.05) is 30.7 Å². The third-order valence-corrected chi connectivity index (χ3v) is 4.95. The summed E-state index contributed by atoms with van der Waals surface area (Å²) in [7, 11) is 2.10. The first kappa shape index (κ1) is 13.0. The Morgan fingerprint density at radius 3 is 2.74 bits per heavy atom. The van der Waals surface area contributed by atoms with Crippen LogP contribution >= 0.6 is 0 Å². The summed E-state index contributed by atoms with van der Waals surface area (Å²) in [5, 5.41) is 3.44. The molecule has 0 saturated heterocycles. The molecule has 1 fully saturated rings. The maximum Gasteiger partial charge on any atom is 0.0398 e. The van der Waals surface area contributed by atoms with Crippen molar-refractivity contribution in [3.8, 4) is 0 Å². The SMILES string of the molecule is CNCC1(CN2CCCc3ccccc32)CCCC1. The lowest BCUT2D eigenvalue weighted by molar-refractivity contribution is 0.289. The lowest BCUT2D eigenvalue weighted by Gasteiger charge is -2.39. The Kier molecular flexibility index (Phi) is 3.79. The van der Waals surface area contributed by atoms with Crippen LogP contribution in [0.15, 0.2) is 24.3 Å². The van der Waals surface area contributed by atoms with Gasteiger partial charge < -0.3 is 10.2 Å². The van der Waals surface area contributed by atoms with Crippen molar-refractivity contribution >= 4 is 5.69 Å². The molecule has 0 atom stereocenters. The summed E-state index contributed by atoms with van der Waals surface area (Å²) in [5.41, 5.74) is 3.56. The molecule has 3 rings (SSSR count). The van der Waals surface area contributed by atoms with Crippen LogP contribution in [0.2, 0.25) is 0 Å². The minimum absolute atomic E-state index is 0.513. The van der Waals surface area contributed by atoms with Crippen molar-refractivity contribution in [2.45, 2.75) is 38.5 Å². The topological polar surface area (TPSA) is 15.3 Å². The van der Waals surface area contributed by atoms with Gasteiger partial charge in [-0.1, -0.05) is 31.0 Å². The summed E-state index contributed by atoms with van der Waals surface area (Å²) >= 11 is 0. The van der Waals surface area contributed by atoms with E-state index in [1.54, 1.807) is 5.56 Å². The zero-order chi connectivity index (χ0) is 13.1. The summed E-state index contributed by atoms with van der Waals surface area (Å²) in [5.74, 6) is 0. The summed E-state index contributed by atoms with van der Waals surface area (Å²) in [4.78, 5) is 2.65. The Hall–Kier alpha value is -1.02. The van der Waals surface area contributed by atoms with Gasteiger partial charge in [-0.2, -0.15) is 0 Å². The molecule has 1 aliphatic carbocycles. The second-order valence-corrected chi connectivity index (χ2v) is 6.39. The first-order chi connectivity index (χ1) is 9.33. The molecule has 0 unspecified atom stereocenters. The Labute approximate surface area is 117 Å². The van der Waals surface area contributed by atoms with Crippen LogP contribution < -0.4 is 10.2 Å². The Morgan fingerprint density at radius 2 is 1.95 bits per heavy atom. The summed E-state index contributed by atoms with van der Waals surface area (Å²) in [6.07, 6.45) is 8.19. The predicted octanol–water partition coefficient (Wildman–Crippen LogP) is 3.22. The minimum atomic E-state index is 0.513. The Morgan fingerprint density at radius 1 is 1.16 bits per heavy atom. The van der Waals surface area contributed by atoms with Crippen LogP contribution in [0.3, 0.4) is 0 Å². The van der Waals surface area contributed by atoms with Gasteiger partial charge in [0.1, 0.15) is 0 Å². The summed E-state index contributed by atoms with van der Waals surface area (Å²) in [6.45, 7) is 3.65. The van der Waals surface area contributed by atoms with Crippen LogP contribution in [0.25, 0.3) is 0 Å². The van der Waals surface area contributed by atoms with Crippen molar-refractivity contribution < 1.29 is 0 Å². The van der Waals surface area contributed by atoms with E-state index < -0.39 is 0 Å². The first-order valence-corrected chi connectivity index (χ1v) is 7.80. The lowest BCUT2D eigenvalue weighted by Crippen LogP contribution is -2.43. The molecule has 2 heteroatoms. The normalized spacial score (nSPS) is 21.4. The predicted molar refractivity (Wildman–Crippen MR) is 81.8 cm³/mol. The highest BCUT2D eigenvalue weighted by molar-refractivity contribution is 5.55. The largest absolute Gasteiger partial charge is 0.371 e.